The zero-order valence-corrected chi connectivity index (χ0v) is 23.2. The number of pyridine rings is 1. The van der Waals surface area contributed by atoms with Gasteiger partial charge in [0, 0.05) is 46.4 Å². The summed E-state index contributed by atoms with van der Waals surface area (Å²) < 4.78 is 30.7. The molecule has 4 heterocycles. The number of carbonyl (C=O) groups is 1. The number of hydrogen-bond donors (Lipinski definition) is 1. The largest absolute Gasteiger partial charge is 0.337 e. The summed E-state index contributed by atoms with van der Waals surface area (Å²) in [5, 5.41) is 4.45. The molecule has 1 aliphatic rings. The Kier molecular flexibility index (Phi) is 6.08. The molecule has 0 fully saturated rings. The van der Waals surface area contributed by atoms with Crippen LogP contribution in [0.25, 0.3) is 26.6 Å². The Morgan fingerprint density at radius 3 is 2.36 bits per heavy atom. The van der Waals surface area contributed by atoms with Crippen molar-refractivity contribution in [3.63, 3.8) is 0 Å². The van der Waals surface area contributed by atoms with Gasteiger partial charge in [-0.2, -0.15) is 5.10 Å². The van der Waals surface area contributed by atoms with E-state index in [4.69, 9.17) is 0 Å². The van der Waals surface area contributed by atoms with Crippen molar-refractivity contribution in [2.45, 2.75) is 25.3 Å². The normalized spacial score (nSPS) is 13.1. The molecule has 0 spiro atoms. The maximum Gasteiger partial charge on any atom is 0.261 e. The molecule has 1 aliphatic heterocycles. The third-order valence-electron chi connectivity index (χ3n) is 6.66. The van der Waals surface area contributed by atoms with Gasteiger partial charge in [-0.05, 0) is 85.6 Å². The number of nitrogens with zero attached hydrogens (tertiary/aromatic N) is 4. The number of aromatic nitrogens is 3. The second-order valence-electron chi connectivity index (χ2n) is 9.60. The number of rotatable bonds is 6. The van der Waals surface area contributed by atoms with Crippen LogP contribution in [0.4, 0.5) is 5.69 Å². The van der Waals surface area contributed by atoms with E-state index in [2.05, 4.69) is 20.9 Å². The lowest BCUT2D eigenvalue weighted by Gasteiger charge is -2.10. The Balaban J connectivity index is 1.21. The van der Waals surface area contributed by atoms with Crippen LogP contribution in [0.15, 0.2) is 84.0 Å². The van der Waals surface area contributed by atoms with E-state index in [9.17, 15) is 13.2 Å². The molecule has 2 aromatic carbocycles. The highest BCUT2D eigenvalue weighted by Crippen LogP contribution is 2.37. The zero-order chi connectivity index (χ0) is 27.3. The third-order valence-corrected chi connectivity index (χ3v) is 9.24. The zero-order valence-electron chi connectivity index (χ0n) is 21.5. The molecule has 10 heteroatoms. The molecule has 0 radical (unpaired) electrons. The Morgan fingerprint density at radius 2 is 1.64 bits per heavy atom. The fraction of sp³-hybridized carbons (Fsp3) is 0.138. The van der Waals surface area contributed by atoms with Crippen LogP contribution in [0.3, 0.4) is 0 Å². The number of amides is 1. The van der Waals surface area contributed by atoms with Crippen LogP contribution >= 0.6 is 11.3 Å². The molecule has 0 aliphatic carbocycles. The molecular weight excluding hydrogens is 530 g/mol. The number of fused-ring (bicyclic) bond motifs is 1. The van der Waals surface area contributed by atoms with Crippen molar-refractivity contribution in [3.8, 4) is 26.6 Å². The highest BCUT2D eigenvalue weighted by molar-refractivity contribution is 7.92. The summed E-state index contributed by atoms with van der Waals surface area (Å²) in [6.45, 7) is 4.48. The standard InChI is InChI=1S/C29H25N5O3S2/c1-18-12-19(2)34(31-18)24-5-7-25(8-6-24)39(36,37)32-23-14-21(15-30-16-23)28-11-10-27(38-28)20-4-9-26-22(13-20)17-33(3)29(26)35/h4-16,32H,17H2,1-3H3. The molecule has 8 nitrogen and oxygen atoms in total. The molecule has 5 aromatic rings. The number of nitrogens with one attached hydrogen (secondary N) is 1. The molecule has 1 N–H and O–H groups in total. The summed E-state index contributed by atoms with van der Waals surface area (Å²) in [4.78, 5) is 20.4. The van der Waals surface area contributed by atoms with E-state index in [1.165, 1.54) is 6.20 Å². The molecule has 1 amide bonds. The van der Waals surface area contributed by atoms with E-state index < -0.39 is 10.0 Å². The van der Waals surface area contributed by atoms with Crippen molar-refractivity contribution in [3.05, 3.63) is 102 Å². The van der Waals surface area contributed by atoms with Crippen LogP contribution in [0, 0.1) is 13.8 Å². The summed E-state index contributed by atoms with van der Waals surface area (Å²) in [5.74, 6) is 0.0489. The minimum atomic E-state index is -3.82. The fourth-order valence-corrected chi connectivity index (χ4v) is 6.79. The second-order valence-corrected chi connectivity index (χ2v) is 12.4. The van der Waals surface area contributed by atoms with Crippen molar-refractivity contribution in [1.29, 1.82) is 0 Å². The first kappa shape index (κ1) is 25.0. The maximum absolute atomic E-state index is 13.1. The summed E-state index contributed by atoms with van der Waals surface area (Å²) >= 11 is 1.59. The van der Waals surface area contributed by atoms with E-state index in [1.54, 1.807) is 64.5 Å². The molecule has 3 aromatic heterocycles. The number of aryl methyl sites for hydroxylation is 2. The fourth-order valence-electron chi connectivity index (χ4n) is 4.77. The summed E-state index contributed by atoms with van der Waals surface area (Å²) in [7, 11) is -2.01. The Bertz CT molecular complexity index is 1840. The van der Waals surface area contributed by atoms with Gasteiger partial charge in [-0.3, -0.25) is 14.5 Å². The average molecular weight is 556 g/mol. The van der Waals surface area contributed by atoms with Crippen LogP contribution in [0.1, 0.15) is 27.3 Å². The highest BCUT2D eigenvalue weighted by atomic mass is 32.2. The molecule has 0 unspecified atom stereocenters. The van der Waals surface area contributed by atoms with Gasteiger partial charge in [-0.1, -0.05) is 6.07 Å². The van der Waals surface area contributed by atoms with Crippen molar-refractivity contribution in [1.82, 2.24) is 19.7 Å². The highest BCUT2D eigenvalue weighted by Gasteiger charge is 2.24. The van der Waals surface area contributed by atoms with Gasteiger partial charge in [0.1, 0.15) is 0 Å². The number of carbonyl (C=O) groups excluding carboxylic acids is 1. The van der Waals surface area contributed by atoms with Crippen LogP contribution in [-0.2, 0) is 16.6 Å². The summed E-state index contributed by atoms with van der Waals surface area (Å²) in [5.41, 5.74) is 6.67. The molecule has 0 saturated carbocycles. The van der Waals surface area contributed by atoms with E-state index in [-0.39, 0.29) is 10.8 Å². The first-order valence-electron chi connectivity index (χ1n) is 12.3. The number of hydrogen-bond acceptors (Lipinski definition) is 6. The van der Waals surface area contributed by atoms with Crippen LogP contribution < -0.4 is 4.72 Å². The number of sulfonamides is 1. The predicted octanol–water partition coefficient (Wildman–Crippen LogP) is 5.67. The quantitative estimate of drug-likeness (QED) is 0.291. The summed E-state index contributed by atoms with van der Waals surface area (Å²) in [6.07, 6.45) is 3.21. The minimum Gasteiger partial charge on any atom is -0.337 e. The second kappa shape index (κ2) is 9.48. The molecule has 196 valence electrons. The first-order chi connectivity index (χ1) is 18.7. The smallest absolute Gasteiger partial charge is 0.261 e. The van der Waals surface area contributed by atoms with Gasteiger partial charge in [0.05, 0.1) is 28.2 Å². The Labute approximate surface area is 230 Å². The minimum absolute atomic E-state index is 0.0489. The SMILES string of the molecule is Cc1cc(C)n(-c2ccc(S(=O)(=O)Nc3cncc(-c4ccc(-c5ccc6c(c5)CN(C)C6=O)s4)c3)cc2)n1. The monoisotopic (exact) mass is 555 g/mol. The van der Waals surface area contributed by atoms with Gasteiger partial charge >= 0.3 is 0 Å². The predicted molar refractivity (Wildman–Crippen MR) is 153 cm³/mol. The van der Waals surface area contributed by atoms with E-state index >= 15 is 0 Å². The van der Waals surface area contributed by atoms with Gasteiger partial charge in [-0.15, -0.1) is 11.3 Å². The first-order valence-corrected chi connectivity index (χ1v) is 14.6. The van der Waals surface area contributed by atoms with Gasteiger partial charge in [-0.25, -0.2) is 13.1 Å². The van der Waals surface area contributed by atoms with Crippen molar-refractivity contribution >= 4 is 33.0 Å². The maximum atomic E-state index is 13.1. The topological polar surface area (TPSA) is 97.2 Å². The lowest BCUT2D eigenvalue weighted by molar-refractivity contribution is 0.0816. The van der Waals surface area contributed by atoms with Gasteiger partial charge < -0.3 is 4.90 Å². The summed E-state index contributed by atoms with van der Waals surface area (Å²) in [6, 6.07) is 20.3. The van der Waals surface area contributed by atoms with E-state index in [1.807, 2.05) is 44.2 Å². The molecule has 0 atom stereocenters. The van der Waals surface area contributed by atoms with Crippen molar-refractivity contribution in [2.24, 2.45) is 0 Å². The third kappa shape index (κ3) is 4.73. The van der Waals surface area contributed by atoms with E-state index in [0.29, 0.717) is 12.2 Å². The lowest BCUT2D eigenvalue weighted by atomic mass is 10.1. The molecular formula is C29H25N5O3S2. The van der Waals surface area contributed by atoms with Crippen LogP contribution in [0.5, 0.6) is 0 Å². The van der Waals surface area contributed by atoms with Gasteiger partial charge in [0.15, 0.2) is 0 Å². The van der Waals surface area contributed by atoms with Crippen LogP contribution in [-0.4, -0.2) is 41.0 Å². The molecule has 39 heavy (non-hydrogen) atoms. The van der Waals surface area contributed by atoms with Gasteiger partial charge in [0.2, 0.25) is 0 Å². The molecule has 0 saturated heterocycles. The molecule has 6 rings (SSSR count). The van der Waals surface area contributed by atoms with E-state index in [0.717, 1.165) is 49.1 Å². The Morgan fingerprint density at radius 1 is 0.897 bits per heavy atom. The van der Waals surface area contributed by atoms with Gasteiger partial charge in [0.25, 0.3) is 15.9 Å². The number of benzene rings is 2. The number of thiophene rings is 1. The average Bonchev–Trinajstić information content (AvgIpc) is 3.61. The van der Waals surface area contributed by atoms with Crippen LogP contribution in [0.2, 0.25) is 0 Å². The van der Waals surface area contributed by atoms with Crippen molar-refractivity contribution < 1.29 is 13.2 Å². The van der Waals surface area contributed by atoms with Crippen molar-refractivity contribution in [2.75, 3.05) is 11.8 Å². The Hall–Kier alpha value is -4.28. The molecule has 0 bridgehead atoms. The number of anilines is 1. The lowest BCUT2D eigenvalue weighted by Crippen LogP contribution is -2.17.